The second-order valence-corrected chi connectivity index (χ2v) is 5.88. The van der Waals surface area contributed by atoms with Crippen molar-refractivity contribution in [1.29, 1.82) is 0 Å². The molecule has 1 saturated heterocycles. The number of para-hydroxylation sites is 2. The Hall–Kier alpha value is -3.75. The molecule has 0 unspecified atom stereocenters. The van der Waals surface area contributed by atoms with Crippen molar-refractivity contribution in [2.75, 3.05) is 22.1 Å². The molecule has 138 valence electrons. The van der Waals surface area contributed by atoms with Gasteiger partial charge < -0.3 is 15.5 Å². The number of nitro groups is 1. The molecule has 0 aliphatic carbocycles. The molecule has 0 saturated carbocycles. The monoisotopic (exact) mass is 368 g/mol. The fourth-order valence-electron chi connectivity index (χ4n) is 2.78. The Morgan fingerprint density at radius 1 is 1.04 bits per heavy atom. The minimum Gasteiger partial charge on any atom is -0.318 e. The van der Waals surface area contributed by atoms with Gasteiger partial charge in [0.25, 0.3) is 5.69 Å². The van der Waals surface area contributed by atoms with Gasteiger partial charge >= 0.3 is 11.8 Å². The van der Waals surface area contributed by atoms with Crippen molar-refractivity contribution in [3.63, 3.8) is 0 Å². The summed E-state index contributed by atoms with van der Waals surface area (Å²) in [5.41, 5.74) is 0.594. The summed E-state index contributed by atoms with van der Waals surface area (Å²) in [5.74, 6) is -2.00. The maximum absolute atomic E-state index is 12.1. The summed E-state index contributed by atoms with van der Waals surface area (Å²) in [5, 5.41) is 15.6. The largest absolute Gasteiger partial charge is 0.318 e. The molecule has 2 N–H and O–H groups in total. The minimum atomic E-state index is -1.04. The van der Waals surface area contributed by atoms with Crippen molar-refractivity contribution in [1.82, 2.24) is 0 Å². The molecule has 9 nitrogen and oxygen atoms in total. The Balaban J connectivity index is 1.69. The number of benzene rings is 2. The molecule has 2 aromatic carbocycles. The molecule has 0 radical (unpaired) electrons. The molecular weight excluding hydrogens is 352 g/mol. The number of carbonyl (C=O) groups excluding carboxylic acids is 3. The van der Waals surface area contributed by atoms with Crippen LogP contribution in [-0.4, -0.2) is 29.2 Å². The Bertz CT molecular complexity index is 927. The van der Waals surface area contributed by atoms with Gasteiger partial charge in [-0.15, -0.1) is 0 Å². The topological polar surface area (TPSA) is 122 Å². The van der Waals surface area contributed by atoms with Crippen LogP contribution in [0.1, 0.15) is 12.8 Å². The third kappa shape index (κ3) is 4.09. The summed E-state index contributed by atoms with van der Waals surface area (Å²) in [6.45, 7) is 0.606. The normalized spacial score (nSPS) is 13.3. The van der Waals surface area contributed by atoms with Crippen LogP contribution >= 0.6 is 0 Å². The van der Waals surface area contributed by atoms with E-state index in [9.17, 15) is 24.5 Å². The zero-order chi connectivity index (χ0) is 19.4. The first-order valence-electron chi connectivity index (χ1n) is 8.22. The van der Waals surface area contributed by atoms with E-state index >= 15 is 0 Å². The third-order valence-corrected chi connectivity index (χ3v) is 4.04. The number of anilines is 3. The Morgan fingerprint density at radius 3 is 2.48 bits per heavy atom. The molecule has 9 heteroatoms. The van der Waals surface area contributed by atoms with Gasteiger partial charge in [-0.3, -0.25) is 24.5 Å². The average Bonchev–Trinajstić information content (AvgIpc) is 3.08. The first-order chi connectivity index (χ1) is 13.0. The van der Waals surface area contributed by atoms with E-state index in [0.29, 0.717) is 24.3 Å². The van der Waals surface area contributed by atoms with Gasteiger partial charge in [-0.05, 0) is 30.7 Å². The van der Waals surface area contributed by atoms with E-state index in [0.717, 1.165) is 6.42 Å². The molecule has 3 rings (SSSR count). The SMILES string of the molecule is O=C(Nc1cccc(N2CCCC2=O)c1)C(=O)Nc1ccccc1[N+](=O)[O-]. The molecule has 0 atom stereocenters. The standard InChI is InChI=1S/C18H16N4O5/c23-16-9-4-10-21(16)13-6-3-5-12(11-13)19-17(24)18(25)20-14-7-1-2-8-15(14)22(26)27/h1-3,5-8,11H,4,9-10H2,(H,19,24)(H,20,25). The molecule has 2 aromatic rings. The fraction of sp³-hybridized carbons (Fsp3) is 0.167. The van der Waals surface area contributed by atoms with Crippen LogP contribution in [0.3, 0.4) is 0 Å². The van der Waals surface area contributed by atoms with Crippen molar-refractivity contribution >= 4 is 40.5 Å². The number of rotatable bonds is 4. The van der Waals surface area contributed by atoms with E-state index in [-0.39, 0.29) is 17.3 Å². The number of carbonyl (C=O) groups is 3. The van der Waals surface area contributed by atoms with E-state index < -0.39 is 16.7 Å². The highest BCUT2D eigenvalue weighted by molar-refractivity contribution is 6.43. The van der Waals surface area contributed by atoms with Gasteiger partial charge in [0.2, 0.25) is 5.91 Å². The van der Waals surface area contributed by atoms with Crippen molar-refractivity contribution in [3.8, 4) is 0 Å². The van der Waals surface area contributed by atoms with Crippen LogP contribution in [0, 0.1) is 10.1 Å². The Morgan fingerprint density at radius 2 is 1.78 bits per heavy atom. The fourth-order valence-corrected chi connectivity index (χ4v) is 2.78. The summed E-state index contributed by atoms with van der Waals surface area (Å²) in [7, 11) is 0. The molecule has 1 fully saturated rings. The maximum Gasteiger partial charge on any atom is 0.314 e. The quantitative estimate of drug-likeness (QED) is 0.487. The summed E-state index contributed by atoms with van der Waals surface area (Å²) < 4.78 is 0. The Labute approximate surface area is 154 Å². The van der Waals surface area contributed by atoms with E-state index in [1.807, 2.05) is 0 Å². The lowest BCUT2D eigenvalue weighted by atomic mass is 10.2. The maximum atomic E-state index is 12.1. The van der Waals surface area contributed by atoms with Crippen LogP contribution < -0.4 is 15.5 Å². The summed E-state index contributed by atoms with van der Waals surface area (Å²) in [4.78, 5) is 48.0. The number of nitro benzene ring substituents is 1. The van der Waals surface area contributed by atoms with E-state index in [4.69, 9.17) is 0 Å². The minimum absolute atomic E-state index is 0.00704. The van der Waals surface area contributed by atoms with Gasteiger partial charge in [0, 0.05) is 30.4 Å². The van der Waals surface area contributed by atoms with Crippen LogP contribution in [0.4, 0.5) is 22.7 Å². The predicted molar refractivity (Wildman–Crippen MR) is 98.4 cm³/mol. The smallest absolute Gasteiger partial charge is 0.314 e. The number of amides is 3. The lowest BCUT2D eigenvalue weighted by molar-refractivity contribution is -0.383. The molecule has 1 aliphatic heterocycles. The van der Waals surface area contributed by atoms with Crippen LogP contribution in [0.5, 0.6) is 0 Å². The van der Waals surface area contributed by atoms with Gasteiger partial charge in [-0.2, -0.15) is 0 Å². The second kappa shape index (κ2) is 7.65. The highest BCUT2D eigenvalue weighted by atomic mass is 16.6. The molecule has 3 amide bonds. The van der Waals surface area contributed by atoms with Crippen molar-refractivity contribution in [2.24, 2.45) is 0 Å². The lowest BCUT2D eigenvalue weighted by Crippen LogP contribution is -2.29. The second-order valence-electron chi connectivity index (χ2n) is 5.88. The van der Waals surface area contributed by atoms with Crippen LogP contribution in [0.2, 0.25) is 0 Å². The molecule has 0 spiro atoms. The third-order valence-electron chi connectivity index (χ3n) is 4.04. The van der Waals surface area contributed by atoms with Gasteiger partial charge in [0.1, 0.15) is 5.69 Å². The number of nitrogens with one attached hydrogen (secondary N) is 2. The molecule has 1 heterocycles. The van der Waals surface area contributed by atoms with E-state index in [1.54, 1.807) is 29.2 Å². The van der Waals surface area contributed by atoms with Crippen molar-refractivity contribution < 1.29 is 19.3 Å². The summed E-state index contributed by atoms with van der Waals surface area (Å²) in [6, 6.07) is 12.1. The van der Waals surface area contributed by atoms with Crippen LogP contribution in [0.15, 0.2) is 48.5 Å². The molecular formula is C18H16N4O5. The average molecular weight is 368 g/mol. The molecule has 0 aromatic heterocycles. The Kier molecular flexibility index (Phi) is 5.11. The van der Waals surface area contributed by atoms with Crippen molar-refractivity contribution in [2.45, 2.75) is 12.8 Å². The van der Waals surface area contributed by atoms with Crippen LogP contribution in [0.25, 0.3) is 0 Å². The highest BCUT2D eigenvalue weighted by Crippen LogP contribution is 2.25. The van der Waals surface area contributed by atoms with Gasteiger partial charge in [-0.25, -0.2) is 0 Å². The first-order valence-corrected chi connectivity index (χ1v) is 8.22. The van der Waals surface area contributed by atoms with Crippen molar-refractivity contribution in [3.05, 3.63) is 58.6 Å². The van der Waals surface area contributed by atoms with Gasteiger partial charge in [0.05, 0.1) is 4.92 Å². The number of nitrogens with zero attached hydrogens (tertiary/aromatic N) is 2. The number of hydrogen-bond acceptors (Lipinski definition) is 5. The molecule has 0 bridgehead atoms. The highest BCUT2D eigenvalue weighted by Gasteiger charge is 2.23. The zero-order valence-electron chi connectivity index (χ0n) is 14.2. The molecule has 27 heavy (non-hydrogen) atoms. The molecule has 1 aliphatic rings. The van der Waals surface area contributed by atoms with Crippen LogP contribution in [-0.2, 0) is 14.4 Å². The number of hydrogen-bond donors (Lipinski definition) is 2. The lowest BCUT2D eigenvalue weighted by Gasteiger charge is -2.16. The van der Waals surface area contributed by atoms with Gasteiger partial charge in [-0.1, -0.05) is 18.2 Å². The first kappa shape index (κ1) is 18.1. The van der Waals surface area contributed by atoms with Gasteiger partial charge in [0.15, 0.2) is 0 Å². The summed E-state index contributed by atoms with van der Waals surface area (Å²) >= 11 is 0. The van der Waals surface area contributed by atoms with E-state index in [1.165, 1.54) is 24.3 Å². The predicted octanol–water partition coefficient (Wildman–Crippen LogP) is 2.30. The summed E-state index contributed by atoms with van der Waals surface area (Å²) in [6.07, 6.45) is 1.25. The zero-order valence-corrected chi connectivity index (χ0v) is 14.2. The van der Waals surface area contributed by atoms with E-state index in [2.05, 4.69) is 10.6 Å².